The number of rotatable bonds is 6. The smallest absolute Gasteiger partial charge is 0.244 e. The van der Waals surface area contributed by atoms with E-state index in [1.54, 1.807) is 24.3 Å². The molecular weight excluding hydrogens is 336 g/mol. The van der Waals surface area contributed by atoms with Gasteiger partial charge in [0.05, 0.1) is 11.9 Å². The monoisotopic (exact) mass is 358 g/mol. The van der Waals surface area contributed by atoms with Crippen LogP contribution in [-0.2, 0) is 14.8 Å². The van der Waals surface area contributed by atoms with E-state index in [1.807, 2.05) is 6.92 Å². The number of anilines is 1. The third-order valence-electron chi connectivity index (χ3n) is 4.11. The van der Waals surface area contributed by atoms with Gasteiger partial charge in [-0.2, -0.15) is 0 Å². The first-order chi connectivity index (χ1) is 10.8. The average molecular weight is 359 g/mol. The van der Waals surface area contributed by atoms with E-state index in [-0.39, 0.29) is 11.9 Å². The van der Waals surface area contributed by atoms with Crippen LogP contribution in [0.15, 0.2) is 24.3 Å². The molecule has 0 bridgehead atoms. The van der Waals surface area contributed by atoms with Gasteiger partial charge >= 0.3 is 0 Å². The van der Waals surface area contributed by atoms with Crippen LogP contribution in [0, 0.1) is 0 Å². The topological polar surface area (TPSA) is 66.5 Å². The summed E-state index contributed by atoms with van der Waals surface area (Å²) in [4.78, 5) is 12.6. The van der Waals surface area contributed by atoms with Gasteiger partial charge in [-0.15, -0.1) is 0 Å². The zero-order valence-electron chi connectivity index (χ0n) is 13.5. The Morgan fingerprint density at radius 3 is 2.35 bits per heavy atom. The van der Waals surface area contributed by atoms with E-state index in [0.29, 0.717) is 17.1 Å². The second-order valence-corrected chi connectivity index (χ2v) is 8.25. The molecule has 1 N–H and O–H groups in total. The molecule has 1 aliphatic rings. The Hall–Kier alpha value is -1.27. The van der Waals surface area contributed by atoms with E-state index in [4.69, 9.17) is 11.6 Å². The van der Waals surface area contributed by atoms with Crippen molar-refractivity contribution in [3.05, 3.63) is 29.3 Å². The Kier molecular flexibility index (Phi) is 5.92. The largest absolute Gasteiger partial charge is 0.352 e. The van der Waals surface area contributed by atoms with Crippen molar-refractivity contribution < 1.29 is 13.2 Å². The number of amides is 1. The fraction of sp³-hybridized carbons (Fsp3) is 0.562. The first kappa shape index (κ1) is 18.1. The van der Waals surface area contributed by atoms with Crippen molar-refractivity contribution >= 4 is 33.2 Å². The van der Waals surface area contributed by atoms with Crippen molar-refractivity contribution in [2.45, 2.75) is 51.1 Å². The maximum absolute atomic E-state index is 12.6. The Morgan fingerprint density at radius 1 is 1.30 bits per heavy atom. The highest BCUT2D eigenvalue weighted by Crippen LogP contribution is 2.25. The SMILES string of the molecule is CC[C@H](C(=O)NC1CCCC1)N(c1ccc(Cl)cc1)S(C)(=O)=O. The summed E-state index contributed by atoms with van der Waals surface area (Å²) in [5.74, 6) is -0.236. The minimum absolute atomic E-state index is 0.156. The van der Waals surface area contributed by atoms with Crippen molar-refractivity contribution in [3.63, 3.8) is 0 Å². The average Bonchev–Trinajstić information content (AvgIpc) is 2.97. The number of nitrogens with zero attached hydrogens (tertiary/aromatic N) is 1. The quantitative estimate of drug-likeness (QED) is 0.850. The van der Waals surface area contributed by atoms with Crippen LogP contribution in [-0.4, -0.2) is 32.7 Å². The zero-order chi connectivity index (χ0) is 17.0. The summed E-state index contributed by atoms with van der Waals surface area (Å²) >= 11 is 5.87. The molecule has 0 radical (unpaired) electrons. The van der Waals surface area contributed by atoms with Crippen molar-refractivity contribution in [3.8, 4) is 0 Å². The number of sulfonamides is 1. The van der Waals surface area contributed by atoms with Crippen molar-refractivity contribution in [2.24, 2.45) is 0 Å². The molecule has 0 aromatic heterocycles. The van der Waals surface area contributed by atoms with Crippen LogP contribution in [0.2, 0.25) is 5.02 Å². The highest BCUT2D eigenvalue weighted by molar-refractivity contribution is 7.92. The van der Waals surface area contributed by atoms with Crippen LogP contribution in [0.25, 0.3) is 0 Å². The summed E-state index contributed by atoms with van der Waals surface area (Å²) in [5, 5.41) is 3.51. The molecule has 1 amide bonds. The van der Waals surface area contributed by atoms with Crippen LogP contribution < -0.4 is 9.62 Å². The van der Waals surface area contributed by atoms with Crippen molar-refractivity contribution in [1.82, 2.24) is 5.32 Å². The Morgan fingerprint density at radius 2 is 1.87 bits per heavy atom. The maximum Gasteiger partial charge on any atom is 0.244 e. The van der Waals surface area contributed by atoms with E-state index in [9.17, 15) is 13.2 Å². The second kappa shape index (κ2) is 7.53. The lowest BCUT2D eigenvalue weighted by Gasteiger charge is -2.31. The van der Waals surface area contributed by atoms with Crippen LogP contribution in [0.3, 0.4) is 0 Å². The molecule has 0 spiro atoms. The Labute approximate surface area is 143 Å². The predicted molar refractivity (Wildman–Crippen MR) is 93.3 cm³/mol. The first-order valence-corrected chi connectivity index (χ1v) is 10.1. The summed E-state index contributed by atoms with van der Waals surface area (Å²) in [6, 6.07) is 5.88. The minimum atomic E-state index is -3.59. The fourth-order valence-electron chi connectivity index (χ4n) is 3.02. The van der Waals surface area contributed by atoms with Gasteiger partial charge in [-0.25, -0.2) is 8.42 Å². The number of carbonyl (C=O) groups excluding carboxylic acids is 1. The van der Waals surface area contributed by atoms with Gasteiger partial charge in [0, 0.05) is 11.1 Å². The molecule has 1 aliphatic carbocycles. The van der Waals surface area contributed by atoms with Gasteiger partial charge in [0.2, 0.25) is 15.9 Å². The van der Waals surface area contributed by atoms with E-state index < -0.39 is 16.1 Å². The van der Waals surface area contributed by atoms with Gasteiger partial charge in [0.25, 0.3) is 0 Å². The van der Waals surface area contributed by atoms with Gasteiger partial charge in [0.1, 0.15) is 6.04 Å². The van der Waals surface area contributed by atoms with Crippen LogP contribution in [0.5, 0.6) is 0 Å². The van der Waals surface area contributed by atoms with E-state index in [2.05, 4.69) is 5.32 Å². The number of carbonyl (C=O) groups is 1. The van der Waals surface area contributed by atoms with E-state index in [0.717, 1.165) is 31.9 Å². The molecule has 5 nitrogen and oxygen atoms in total. The molecule has 0 unspecified atom stereocenters. The lowest BCUT2D eigenvalue weighted by Crippen LogP contribution is -2.51. The van der Waals surface area contributed by atoms with Gasteiger partial charge < -0.3 is 5.32 Å². The second-order valence-electron chi connectivity index (χ2n) is 5.95. The Balaban J connectivity index is 2.28. The van der Waals surface area contributed by atoms with Crippen molar-refractivity contribution in [2.75, 3.05) is 10.6 Å². The number of hydrogen-bond donors (Lipinski definition) is 1. The van der Waals surface area contributed by atoms with E-state index >= 15 is 0 Å². The molecule has 0 aliphatic heterocycles. The summed E-state index contributed by atoms with van der Waals surface area (Å²) in [6.07, 6.45) is 5.65. The lowest BCUT2D eigenvalue weighted by atomic mass is 10.1. The highest BCUT2D eigenvalue weighted by Gasteiger charge is 2.32. The zero-order valence-corrected chi connectivity index (χ0v) is 15.0. The summed E-state index contributed by atoms with van der Waals surface area (Å²) in [6.45, 7) is 1.81. The van der Waals surface area contributed by atoms with Gasteiger partial charge in [-0.1, -0.05) is 31.4 Å². The molecular formula is C16H23ClN2O3S. The van der Waals surface area contributed by atoms with Gasteiger partial charge in [-0.05, 0) is 43.5 Å². The van der Waals surface area contributed by atoms with Crippen LogP contribution >= 0.6 is 11.6 Å². The van der Waals surface area contributed by atoms with Crippen LogP contribution in [0.4, 0.5) is 5.69 Å². The highest BCUT2D eigenvalue weighted by atomic mass is 35.5. The number of hydrogen-bond acceptors (Lipinski definition) is 3. The van der Waals surface area contributed by atoms with Gasteiger partial charge in [0.15, 0.2) is 0 Å². The first-order valence-electron chi connectivity index (χ1n) is 7.88. The molecule has 7 heteroatoms. The normalized spacial score (nSPS) is 17.0. The minimum Gasteiger partial charge on any atom is -0.352 e. The van der Waals surface area contributed by atoms with E-state index in [1.165, 1.54) is 4.31 Å². The molecule has 1 aromatic carbocycles. The molecule has 128 valence electrons. The number of nitrogens with one attached hydrogen (secondary N) is 1. The standard InChI is InChI=1S/C16H23ClN2O3S/c1-3-15(16(20)18-13-6-4-5-7-13)19(23(2,21)22)14-10-8-12(17)9-11-14/h8-11,13,15H,3-7H2,1-2H3,(H,18,20)/t15-/m1/s1. The summed E-state index contributed by atoms with van der Waals surface area (Å²) in [7, 11) is -3.59. The molecule has 2 rings (SSSR count). The number of benzene rings is 1. The molecule has 1 saturated carbocycles. The molecule has 23 heavy (non-hydrogen) atoms. The number of halogens is 1. The summed E-state index contributed by atoms with van der Waals surface area (Å²) in [5.41, 5.74) is 0.449. The molecule has 0 heterocycles. The molecule has 0 saturated heterocycles. The fourth-order valence-corrected chi connectivity index (χ4v) is 4.35. The summed E-state index contributed by atoms with van der Waals surface area (Å²) < 4.78 is 25.7. The van der Waals surface area contributed by atoms with Crippen LogP contribution in [0.1, 0.15) is 39.0 Å². The molecule has 1 aromatic rings. The molecule has 1 fully saturated rings. The Bertz CT molecular complexity index is 640. The predicted octanol–water partition coefficient (Wildman–Crippen LogP) is 2.94. The van der Waals surface area contributed by atoms with Gasteiger partial charge in [-0.3, -0.25) is 9.10 Å². The molecule has 1 atom stereocenters. The third kappa shape index (κ3) is 4.61. The third-order valence-corrected chi connectivity index (χ3v) is 5.54. The maximum atomic E-state index is 12.6. The lowest BCUT2D eigenvalue weighted by molar-refractivity contribution is -0.122. The van der Waals surface area contributed by atoms with Crippen molar-refractivity contribution in [1.29, 1.82) is 0 Å².